The molecule has 17 heavy (non-hydrogen) atoms. The van der Waals surface area contributed by atoms with Crippen LogP contribution in [0.2, 0.25) is 0 Å². The molecule has 0 aliphatic carbocycles. The molecular formula is C8H2F6O3. The second-order valence-electron chi connectivity index (χ2n) is 2.67. The second kappa shape index (κ2) is 4.52. The molecular weight excluding hydrogens is 258 g/mol. The molecule has 9 heteroatoms. The molecule has 1 N–H and O–H groups in total. The summed E-state index contributed by atoms with van der Waals surface area (Å²) in [5, 5.41) is 8.01. The third kappa shape index (κ3) is 2.27. The summed E-state index contributed by atoms with van der Waals surface area (Å²) < 4.78 is 79.2. The second-order valence-corrected chi connectivity index (χ2v) is 2.67. The zero-order valence-electron chi connectivity index (χ0n) is 7.61. The largest absolute Gasteiger partial charge is 0.476 e. The van der Waals surface area contributed by atoms with E-state index in [4.69, 9.17) is 5.11 Å². The Bertz CT molecular complexity index is 446. The van der Waals surface area contributed by atoms with Gasteiger partial charge in [0.2, 0.25) is 34.8 Å². The molecule has 0 bridgehead atoms. The zero-order valence-corrected chi connectivity index (χ0v) is 7.61. The standard InChI is InChI=1S/C8H2F6O3/c9-1-2(10)4(12)6(5(13)3(1)11)17-7(14)8(15)16/h7H,(H,15,16). The van der Waals surface area contributed by atoms with E-state index in [-0.39, 0.29) is 0 Å². The van der Waals surface area contributed by atoms with Gasteiger partial charge in [0.05, 0.1) is 0 Å². The van der Waals surface area contributed by atoms with Crippen molar-refractivity contribution in [1.29, 1.82) is 0 Å². The van der Waals surface area contributed by atoms with Gasteiger partial charge in [0.25, 0.3) is 0 Å². The van der Waals surface area contributed by atoms with E-state index in [9.17, 15) is 31.1 Å². The first-order chi connectivity index (χ1) is 7.77. The molecule has 1 rings (SSSR count). The monoisotopic (exact) mass is 260 g/mol. The summed E-state index contributed by atoms with van der Waals surface area (Å²) in [6.07, 6.45) is -3.26. The minimum Gasteiger partial charge on any atom is -0.476 e. The minimum absolute atomic E-state index is 1.99. The first kappa shape index (κ1) is 13.1. The molecule has 0 fully saturated rings. The fraction of sp³-hybridized carbons (Fsp3) is 0.125. The lowest BCUT2D eigenvalue weighted by Crippen LogP contribution is -2.23. The van der Waals surface area contributed by atoms with E-state index >= 15 is 0 Å². The van der Waals surface area contributed by atoms with Crippen LogP contribution in [0.4, 0.5) is 26.3 Å². The lowest BCUT2D eigenvalue weighted by Gasteiger charge is -2.10. The van der Waals surface area contributed by atoms with Gasteiger partial charge in [-0.05, 0) is 0 Å². The molecule has 1 atom stereocenters. The Morgan fingerprint density at radius 1 is 0.941 bits per heavy atom. The van der Waals surface area contributed by atoms with E-state index < -0.39 is 47.2 Å². The van der Waals surface area contributed by atoms with Crippen LogP contribution in [0.5, 0.6) is 5.75 Å². The number of carboxylic acid groups (broad SMARTS) is 1. The highest BCUT2D eigenvalue weighted by Gasteiger charge is 2.30. The number of carboxylic acids is 1. The van der Waals surface area contributed by atoms with Crippen LogP contribution in [0, 0.1) is 29.1 Å². The van der Waals surface area contributed by atoms with Crippen molar-refractivity contribution in [2.75, 3.05) is 0 Å². The van der Waals surface area contributed by atoms with Crippen LogP contribution in [0.25, 0.3) is 0 Å². The van der Waals surface area contributed by atoms with E-state index in [0.29, 0.717) is 0 Å². The van der Waals surface area contributed by atoms with E-state index in [1.165, 1.54) is 0 Å². The predicted octanol–water partition coefficient (Wildman–Crippen LogP) is 2.14. The molecule has 0 saturated heterocycles. The summed E-state index contributed by atoms with van der Waals surface area (Å²) in [7, 11) is 0. The average molecular weight is 260 g/mol. The van der Waals surface area contributed by atoms with E-state index in [1.54, 1.807) is 0 Å². The summed E-state index contributed by atoms with van der Waals surface area (Å²) in [6.45, 7) is 0. The van der Waals surface area contributed by atoms with Gasteiger partial charge in [-0.3, -0.25) is 0 Å². The number of hydrogen-bond donors (Lipinski definition) is 1. The summed E-state index contributed by atoms with van der Waals surface area (Å²) >= 11 is 0. The van der Waals surface area contributed by atoms with E-state index in [0.717, 1.165) is 0 Å². The molecule has 0 spiro atoms. The van der Waals surface area contributed by atoms with Crippen LogP contribution in [0.3, 0.4) is 0 Å². The summed E-state index contributed by atoms with van der Waals surface area (Å²) in [6, 6.07) is 0. The molecule has 0 saturated carbocycles. The van der Waals surface area contributed by atoms with Gasteiger partial charge in [0.1, 0.15) is 0 Å². The minimum atomic E-state index is -3.26. The predicted molar refractivity (Wildman–Crippen MR) is 39.4 cm³/mol. The fourth-order valence-corrected chi connectivity index (χ4v) is 0.842. The maximum Gasteiger partial charge on any atom is 0.378 e. The van der Waals surface area contributed by atoms with Crippen LogP contribution in [-0.2, 0) is 4.79 Å². The highest BCUT2D eigenvalue weighted by molar-refractivity contribution is 5.70. The molecule has 0 amide bonds. The fourth-order valence-electron chi connectivity index (χ4n) is 0.842. The number of hydrogen-bond acceptors (Lipinski definition) is 2. The Kier molecular flexibility index (Phi) is 3.49. The zero-order chi connectivity index (χ0) is 13.3. The van der Waals surface area contributed by atoms with Crippen LogP contribution in [0.1, 0.15) is 0 Å². The molecule has 1 aromatic carbocycles. The van der Waals surface area contributed by atoms with Crippen molar-refractivity contribution in [3.63, 3.8) is 0 Å². The van der Waals surface area contributed by atoms with Gasteiger partial charge in [-0.15, -0.1) is 0 Å². The smallest absolute Gasteiger partial charge is 0.378 e. The lowest BCUT2D eigenvalue weighted by molar-refractivity contribution is -0.153. The van der Waals surface area contributed by atoms with E-state index in [1.807, 2.05) is 0 Å². The van der Waals surface area contributed by atoms with E-state index in [2.05, 4.69) is 4.74 Å². The summed E-state index contributed by atoms with van der Waals surface area (Å²) in [5.74, 6) is -16.4. The maximum atomic E-state index is 12.8. The van der Waals surface area contributed by atoms with Crippen molar-refractivity contribution < 1.29 is 41.0 Å². The number of alkyl halides is 1. The SMILES string of the molecule is O=C(O)C(F)Oc1c(F)c(F)c(F)c(F)c1F. The van der Waals surface area contributed by atoms with Crippen LogP contribution < -0.4 is 4.74 Å². The molecule has 0 radical (unpaired) electrons. The molecule has 3 nitrogen and oxygen atoms in total. The van der Waals surface area contributed by atoms with Crippen molar-refractivity contribution in [3.8, 4) is 5.75 Å². The van der Waals surface area contributed by atoms with Crippen LogP contribution in [-0.4, -0.2) is 17.4 Å². The third-order valence-electron chi connectivity index (χ3n) is 1.59. The number of ether oxygens (including phenoxy) is 1. The Labute approximate surface area is 89.2 Å². The first-order valence-electron chi connectivity index (χ1n) is 3.82. The van der Waals surface area contributed by atoms with Gasteiger partial charge < -0.3 is 9.84 Å². The quantitative estimate of drug-likeness (QED) is 0.514. The van der Waals surface area contributed by atoms with Crippen molar-refractivity contribution in [1.82, 2.24) is 0 Å². The van der Waals surface area contributed by atoms with Gasteiger partial charge in [-0.2, -0.15) is 13.2 Å². The number of aliphatic carboxylic acids is 1. The van der Waals surface area contributed by atoms with Gasteiger partial charge in [0.15, 0.2) is 0 Å². The Balaban J connectivity index is 3.30. The van der Waals surface area contributed by atoms with Gasteiger partial charge >= 0.3 is 12.3 Å². The summed E-state index contributed by atoms with van der Waals surface area (Å²) in [4.78, 5) is 9.96. The van der Waals surface area contributed by atoms with Gasteiger partial charge in [-0.25, -0.2) is 18.0 Å². The van der Waals surface area contributed by atoms with Crippen molar-refractivity contribution in [3.05, 3.63) is 29.1 Å². The molecule has 0 aliphatic rings. The van der Waals surface area contributed by atoms with Gasteiger partial charge in [-0.1, -0.05) is 0 Å². The topological polar surface area (TPSA) is 46.5 Å². The number of benzene rings is 1. The number of halogens is 6. The lowest BCUT2D eigenvalue weighted by atomic mass is 10.2. The Morgan fingerprint density at radius 2 is 1.29 bits per heavy atom. The number of rotatable bonds is 3. The molecule has 0 aliphatic heterocycles. The average Bonchev–Trinajstić information content (AvgIpc) is 2.29. The molecule has 94 valence electrons. The van der Waals surface area contributed by atoms with Crippen molar-refractivity contribution >= 4 is 5.97 Å². The third-order valence-corrected chi connectivity index (χ3v) is 1.59. The molecule has 1 unspecified atom stereocenters. The van der Waals surface area contributed by atoms with Gasteiger partial charge in [0, 0.05) is 0 Å². The molecule has 0 heterocycles. The first-order valence-corrected chi connectivity index (χ1v) is 3.82. The highest BCUT2D eigenvalue weighted by atomic mass is 19.2. The normalized spacial score (nSPS) is 12.4. The Hall–Kier alpha value is -1.93. The van der Waals surface area contributed by atoms with Crippen molar-refractivity contribution in [2.45, 2.75) is 6.36 Å². The number of carbonyl (C=O) groups is 1. The highest BCUT2D eigenvalue weighted by Crippen LogP contribution is 2.29. The Morgan fingerprint density at radius 3 is 1.65 bits per heavy atom. The van der Waals surface area contributed by atoms with Crippen LogP contribution >= 0.6 is 0 Å². The molecule has 0 aromatic heterocycles. The van der Waals surface area contributed by atoms with Crippen LogP contribution in [0.15, 0.2) is 0 Å². The van der Waals surface area contributed by atoms with Crippen molar-refractivity contribution in [2.24, 2.45) is 0 Å². The summed E-state index contributed by atoms with van der Waals surface area (Å²) in [5.41, 5.74) is 0. The maximum absolute atomic E-state index is 12.8. The molecule has 1 aromatic rings.